The third-order valence-corrected chi connectivity index (χ3v) is 2.05. The van der Waals surface area contributed by atoms with E-state index in [0.29, 0.717) is 6.54 Å². The van der Waals surface area contributed by atoms with Gasteiger partial charge in [-0.25, -0.2) is 0 Å². The normalized spacial score (nSPS) is 9.09. The second-order valence-corrected chi connectivity index (χ2v) is 2.88. The Kier molecular flexibility index (Phi) is 5.25. The SMILES string of the molecule is NCc1ccc(F)c[c]1[Mg+].[Br-]. The van der Waals surface area contributed by atoms with Crippen LogP contribution in [0.5, 0.6) is 0 Å². The summed E-state index contributed by atoms with van der Waals surface area (Å²) < 4.78 is 13.4. The molecule has 1 nitrogen and oxygen atoms in total. The van der Waals surface area contributed by atoms with E-state index in [0.717, 1.165) is 9.26 Å². The Morgan fingerprint density at radius 1 is 1.45 bits per heavy atom. The van der Waals surface area contributed by atoms with E-state index in [1.807, 2.05) is 0 Å². The van der Waals surface area contributed by atoms with Crippen molar-refractivity contribution in [2.75, 3.05) is 0 Å². The smallest absolute Gasteiger partial charge is 1.00 e. The molecular weight excluding hydrogens is 221 g/mol. The quantitative estimate of drug-likeness (QED) is 0.512. The van der Waals surface area contributed by atoms with Crippen LogP contribution < -0.4 is 26.4 Å². The molecule has 0 spiro atoms. The zero-order valence-electron chi connectivity index (χ0n) is 5.98. The van der Waals surface area contributed by atoms with Gasteiger partial charge in [0.2, 0.25) is 0 Å². The van der Waals surface area contributed by atoms with Gasteiger partial charge in [0.1, 0.15) is 0 Å². The van der Waals surface area contributed by atoms with Crippen molar-refractivity contribution in [1.82, 2.24) is 0 Å². The number of halogens is 2. The molecule has 0 unspecified atom stereocenters. The zero-order valence-corrected chi connectivity index (χ0v) is 8.98. The number of rotatable bonds is 1. The molecule has 56 valence electrons. The molecule has 0 saturated carbocycles. The topological polar surface area (TPSA) is 26.0 Å². The van der Waals surface area contributed by atoms with Gasteiger partial charge in [0, 0.05) is 0 Å². The Morgan fingerprint density at radius 2 is 2.09 bits per heavy atom. The Hall–Kier alpha value is 0.356. The van der Waals surface area contributed by atoms with E-state index in [-0.39, 0.29) is 22.8 Å². The summed E-state index contributed by atoms with van der Waals surface area (Å²) in [5, 5.41) is 0. The van der Waals surface area contributed by atoms with Gasteiger partial charge < -0.3 is 17.0 Å². The molecule has 1 aromatic rings. The molecule has 2 N–H and O–H groups in total. The monoisotopic (exact) mass is 227 g/mol. The average Bonchev–Trinajstić information content (AvgIpc) is 1.88. The van der Waals surface area contributed by atoms with Crippen LogP contribution in [0, 0.1) is 5.82 Å². The fourth-order valence-electron chi connectivity index (χ4n) is 0.794. The van der Waals surface area contributed by atoms with Crippen LogP contribution in [-0.4, -0.2) is 21.7 Å². The molecule has 0 radical (unpaired) electrons. The predicted molar refractivity (Wildman–Crippen MR) is 39.7 cm³/mol. The second-order valence-electron chi connectivity index (χ2n) is 2.12. The minimum absolute atomic E-state index is 0. The maximum atomic E-state index is 12.4. The fourth-order valence-corrected chi connectivity index (χ4v) is 1.25. The standard InChI is InChI=1S/C7H7FN.BrH.Mg/c8-7-3-1-6(5-9)2-4-7;;/h1,3-4H,5,9H2;1H;/q;;+1/p-1. The first-order chi connectivity index (χ1) is 4.74. The average molecular weight is 228 g/mol. The zero-order chi connectivity index (χ0) is 7.56. The molecule has 0 aromatic heterocycles. The summed E-state index contributed by atoms with van der Waals surface area (Å²) in [5.74, 6) is -0.192. The van der Waals surface area contributed by atoms with Gasteiger partial charge in [0.15, 0.2) is 0 Å². The van der Waals surface area contributed by atoms with Crippen molar-refractivity contribution in [3.8, 4) is 0 Å². The van der Waals surface area contributed by atoms with Crippen LogP contribution in [0.1, 0.15) is 5.56 Å². The first-order valence-corrected chi connectivity index (χ1v) is 3.75. The van der Waals surface area contributed by atoms with Gasteiger partial charge in [-0.2, -0.15) is 0 Å². The fraction of sp³-hybridized carbons (Fsp3) is 0.143. The molecule has 0 saturated heterocycles. The third kappa shape index (κ3) is 3.07. The number of benzene rings is 1. The molecule has 4 heteroatoms. The van der Waals surface area contributed by atoms with Crippen molar-refractivity contribution in [2.24, 2.45) is 5.73 Å². The van der Waals surface area contributed by atoms with Crippen LogP contribution in [-0.2, 0) is 6.54 Å². The van der Waals surface area contributed by atoms with Crippen molar-refractivity contribution >= 4 is 25.4 Å². The van der Waals surface area contributed by atoms with Crippen molar-refractivity contribution in [1.29, 1.82) is 0 Å². The summed E-state index contributed by atoms with van der Waals surface area (Å²) >= 11 is 1.65. The van der Waals surface area contributed by atoms with Crippen molar-refractivity contribution < 1.29 is 21.4 Å². The van der Waals surface area contributed by atoms with Crippen LogP contribution in [0.15, 0.2) is 18.2 Å². The summed E-state index contributed by atoms with van der Waals surface area (Å²) in [7, 11) is 0. The van der Waals surface area contributed by atoms with E-state index in [4.69, 9.17) is 5.73 Å². The van der Waals surface area contributed by atoms with Crippen LogP contribution in [0.3, 0.4) is 0 Å². The molecule has 0 bridgehead atoms. The Labute approximate surface area is 88.4 Å². The van der Waals surface area contributed by atoms with Crippen molar-refractivity contribution in [3.05, 3.63) is 29.6 Å². The predicted octanol–water partition coefficient (Wildman–Crippen LogP) is -2.92. The minimum atomic E-state index is -0.192. The Morgan fingerprint density at radius 3 is 2.55 bits per heavy atom. The number of nitrogens with two attached hydrogens (primary N) is 1. The van der Waals surface area contributed by atoms with Gasteiger partial charge >= 0.3 is 71.7 Å². The van der Waals surface area contributed by atoms with Crippen LogP contribution in [0.25, 0.3) is 0 Å². The summed E-state index contributed by atoms with van der Waals surface area (Å²) in [6.07, 6.45) is 0. The maximum absolute atomic E-state index is 12.4. The molecule has 0 aliphatic heterocycles. The molecule has 0 atom stereocenters. The van der Waals surface area contributed by atoms with Gasteiger partial charge in [0.05, 0.1) is 0 Å². The van der Waals surface area contributed by atoms with E-state index >= 15 is 0 Å². The molecule has 0 aliphatic carbocycles. The molecule has 11 heavy (non-hydrogen) atoms. The van der Waals surface area contributed by atoms with Gasteiger partial charge in [-0.3, -0.25) is 0 Å². The van der Waals surface area contributed by atoms with Crippen LogP contribution >= 0.6 is 0 Å². The van der Waals surface area contributed by atoms with Gasteiger partial charge in [-0.15, -0.1) is 0 Å². The maximum Gasteiger partial charge on any atom is -1.00 e. The summed E-state index contributed by atoms with van der Waals surface area (Å²) in [6, 6.07) is 4.65. The molecular formula is C7H7BrFMgN. The van der Waals surface area contributed by atoms with Crippen molar-refractivity contribution in [2.45, 2.75) is 6.54 Å². The van der Waals surface area contributed by atoms with Gasteiger partial charge in [0.25, 0.3) is 0 Å². The number of hydrogen-bond donors (Lipinski definition) is 1. The molecule has 0 amide bonds. The van der Waals surface area contributed by atoms with E-state index < -0.39 is 0 Å². The summed E-state index contributed by atoms with van der Waals surface area (Å²) in [4.78, 5) is 0. The van der Waals surface area contributed by atoms with E-state index in [1.165, 1.54) is 12.1 Å². The van der Waals surface area contributed by atoms with Crippen LogP contribution in [0.2, 0.25) is 0 Å². The van der Waals surface area contributed by atoms with E-state index in [1.54, 1.807) is 27.8 Å². The minimum Gasteiger partial charge on any atom is -1.00 e. The summed E-state index contributed by atoms with van der Waals surface area (Å²) in [5.41, 5.74) is 6.40. The van der Waals surface area contributed by atoms with Gasteiger partial charge in [-0.1, -0.05) is 0 Å². The molecule has 1 rings (SSSR count). The summed E-state index contributed by atoms with van der Waals surface area (Å²) in [6.45, 7) is 0.485. The first-order valence-electron chi connectivity index (χ1n) is 3.04. The number of hydrogen-bond acceptors (Lipinski definition) is 1. The molecule has 0 heterocycles. The molecule has 1 aromatic carbocycles. The third-order valence-electron chi connectivity index (χ3n) is 1.39. The van der Waals surface area contributed by atoms with Gasteiger partial charge in [-0.05, 0) is 0 Å². The molecule has 0 fully saturated rings. The van der Waals surface area contributed by atoms with E-state index in [9.17, 15) is 4.39 Å². The molecule has 0 aliphatic rings. The first kappa shape index (κ1) is 11.4. The second kappa shape index (κ2) is 5.08. The Bertz CT molecular complexity index is 242. The van der Waals surface area contributed by atoms with Crippen molar-refractivity contribution in [3.63, 3.8) is 0 Å². The van der Waals surface area contributed by atoms with Crippen LogP contribution in [0.4, 0.5) is 4.39 Å². The Balaban J connectivity index is 0.000001000. The largest absolute Gasteiger partial charge is 1.00 e. The van der Waals surface area contributed by atoms with E-state index in [2.05, 4.69) is 0 Å².